The predicted octanol–water partition coefficient (Wildman–Crippen LogP) is 7.88. The first-order valence-electron chi connectivity index (χ1n) is 16.3. The summed E-state index contributed by atoms with van der Waals surface area (Å²) >= 11 is 0. The van der Waals surface area contributed by atoms with Crippen LogP contribution in [-0.2, 0) is 9.47 Å². The van der Waals surface area contributed by atoms with Gasteiger partial charge in [-0.05, 0) is 139 Å². The van der Waals surface area contributed by atoms with Crippen LogP contribution in [0.1, 0.15) is 133 Å². The van der Waals surface area contributed by atoms with Gasteiger partial charge in [-0.1, -0.05) is 34.6 Å². The van der Waals surface area contributed by atoms with E-state index < -0.39 is 0 Å². The Bertz CT molecular complexity index is 961. The van der Waals surface area contributed by atoms with E-state index in [1.807, 2.05) is 13.8 Å². The van der Waals surface area contributed by atoms with E-state index in [1.165, 1.54) is 32.1 Å². The average molecular weight is 546 g/mol. The van der Waals surface area contributed by atoms with E-state index >= 15 is 0 Å². The molecule has 1 aliphatic heterocycles. The molecule has 0 aromatic rings. The van der Waals surface area contributed by atoms with Crippen LogP contribution in [0.25, 0.3) is 0 Å². The fourth-order valence-electron chi connectivity index (χ4n) is 11.9. The van der Waals surface area contributed by atoms with Gasteiger partial charge in [0.1, 0.15) is 6.10 Å². The lowest BCUT2D eigenvalue weighted by Gasteiger charge is -2.70. The number of hydrogen-bond donors (Lipinski definition) is 2. The van der Waals surface area contributed by atoms with Gasteiger partial charge >= 0.3 is 6.09 Å². The smallest absolute Gasteiger partial charge is 0.407 e. The summed E-state index contributed by atoms with van der Waals surface area (Å²) in [5.41, 5.74) is 0.0991. The predicted molar refractivity (Wildman–Crippen MR) is 156 cm³/mol. The zero-order valence-corrected chi connectivity index (χ0v) is 26.8. The third kappa shape index (κ3) is 4.41. The maximum atomic E-state index is 12.6. The Morgan fingerprint density at radius 2 is 1.54 bits per heavy atom. The Hall–Kier alpha value is -0.810. The van der Waals surface area contributed by atoms with Gasteiger partial charge in [-0.25, -0.2) is 4.79 Å². The molecule has 1 amide bonds. The second kappa shape index (κ2) is 9.35. The van der Waals surface area contributed by atoms with Crippen LogP contribution >= 0.6 is 0 Å². The number of fused-ring (bicyclic) bond motifs is 5. The van der Waals surface area contributed by atoms with Crippen molar-refractivity contribution in [2.24, 2.45) is 45.3 Å². The third-order valence-corrected chi connectivity index (χ3v) is 13.7. The molecule has 5 rings (SSSR count). The van der Waals surface area contributed by atoms with Crippen molar-refractivity contribution in [3.8, 4) is 0 Å². The molecular weight excluding hydrogens is 486 g/mol. The second-order valence-corrected chi connectivity index (χ2v) is 17.0. The number of hydrogen-bond acceptors (Lipinski definition) is 4. The van der Waals surface area contributed by atoms with Gasteiger partial charge in [0.05, 0.1) is 17.3 Å². The van der Waals surface area contributed by atoms with Crippen LogP contribution in [0, 0.1) is 45.3 Å². The normalized spacial score (nSPS) is 50.5. The lowest BCUT2D eigenvalue weighted by atomic mass is 9.35. The molecule has 0 radical (unpaired) electrons. The van der Waals surface area contributed by atoms with Gasteiger partial charge in [0, 0.05) is 11.5 Å². The molecule has 5 fully saturated rings. The minimum Gasteiger partial charge on any atom is -0.446 e. The van der Waals surface area contributed by atoms with Crippen molar-refractivity contribution >= 4 is 6.09 Å². The van der Waals surface area contributed by atoms with Crippen LogP contribution in [0.3, 0.4) is 0 Å². The van der Waals surface area contributed by atoms with Crippen LogP contribution in [-0.4, -0.2) is 40.7 Å². The van der Waals surface area contributed by atoms with Crippen LogP contribution < -0.4 is 5.32 Å². The Morgan fingerprint density at radius 3 is 2.18 bits per heavy atom. The highest BCUT2D eigenvalue weighted by molar-refractivity contribution is 5.67. The monoisotopic (exact) mass is 545 g/mol. The van der Waals surface area contributed by atoms with Crippen molar-refractivity contribution in [1.82, 2.24) is 5.32 Å². The molecule has 0 unspecified atom stereocenters. The largest absolute Gasteiger partial charge is 0.446 e. The molecule has 1 heterocycles. The molecule has 5 aliphatic rings. The number of nitrogens with one attached hydrogen (secondary N) is 1. The van der Waals surface area contributed by atoms with E-state index in [9.17, 15) is 9.90 Å². The summed E-state index contributed by atoms with van der Waals surface area (Å²) in [6, 6.07) is 0.0739. The number of ether oxygens (including phenoxy) is 2. The summed E-state index contributed by atoms with van der Waals surface area (Å²) in [4.78, 5) is 12.6. The summed E-state index contributed by atoms with van der Waals surface area (Å²) in [5.74, 6) is 1.66. The van der Waals surface area contributed by atoms with Crippen LogP contribution in [0.15, 0.2) is 0 Å². The standard InChI is InChI=1S/C34H59NO4/c1-21(2)35-28(37)38-26-14-17-31(7)24(30(26,5)6)13-19-32(8)25(31)20-23(36)27-22(12-18-33(27,32)9)34(10)16-11-15-29(3,4)39-34/h21-27,36H,11-20H2,1-10H3,(H,35,37)/t22-,23+,24-,25+,26-,27-,31-,32+,33+,34+/m0/s1. The van der Waals surface area contributed by atoms with E-state index in [2.05, 4.69) is 60.7 Å². The maximum absolute atomic E-state index is 12.6. The number of aliphatic hydroxyl groups is 1. The van der Waals surface area contributed by atoms with Crippen molar-refractivity contribution in [2.45, 2.75) is 163 Å². The molecule has 0 spiro atoms. The number of alkyl carbamates (subject to hydrolysis) is 1. The molecule has 224 valence electrons. The maximum Gasteiger partial charge on any atom is 0.407 e. The molecule has 0 bridgehead atoms. The zero-order chi connectivity index (χ0) is 28.8. The molecule has 2 N–H and O–H groups in total. The summed E-state index contributed by atoms with van der Waals surface area (Å²) < 4.78 is 13.0. The molecule has 39 heavy (non-hydrogen) atoms. The highest BCUT2D eigenvalue weighted by atomic mass is 16.6. The molecule has 0 aromatic carbocycles. The van der Waals surface area contributed by atoms with Gasteiger partial charge in [0.2, 0.25) is 0 Å². The van der Waals surface area contributed by atoms with E-state index in [1.54, 1.807) is 0 Å². The minimum atomic E-state index is -0.283. The van der Waals surface area contributed by atoms with Crippen molar-refractivity contribution in [1.29, 1.82) is 0 Å². The van der Waals surface area contributed by atoms with Crippen molar-refractivity contribution in [3.05, 3.63) is 0 Å². The van der Waals surface area contributed by atoms with Crippen molar-refractivity contribution < 1.29 is 19.4 Å². The number of aliphatic hydroxyl groups excluding tert-OH is 1. The molecule has 5 nitrogen and oxygen atoms in total. The van der Waals surface area contributed by atoms with E-state index in [-0.39, 0.29) is 57.2 Å². The van der Waals surface area contributed by atoms with E-state index in [4.69, 9.17) is 9.47 Å². The first-order chi connectivity index (χ1) is 17.9. The van der Waals surface area contributed by atoms with Gasteiger partial charge in [0.15, 0.2) is 0 Å². The summed E-state index contributed by atoms with van der Waals surface area (Å²) in [5, 5.41) is 15.0. The molecule has 4 aliphatic carbocycles. The second-order valence-electron chi connectivity index (χ2n) is 17.0. The fourth-order valence-corrected chi connectivity index (χ4v) is 11.9. The van der Waals surface area contributed by atoms with Crippen LogP contribution in [0.2, 0.25) is 0 Å². The summed E-state index contributed by atoms with van der Waals surface area (Å²) in [6.07, 6.45) is 10.4. The minimum absolute atomic E-state index is 0.0712. The average Bonchev–Trinajstić information content (AvgIpc) is 3.17. The lowest BCUT2D eigenvalue weighted by Crippen LogP contribution is -2.67. The van der Waals surface area contributed by atoms with Crippen molar-refractivity contribution in [2.75, 3.05) is 0 Å². The zero-order valence-electron chi connectivity index (χ0n) is 26.8. The summed E-state index contributed by atoms with van der Waals surface area (Å²) in [6.45, 7) is 23.2. The van der Waals surface area contributed by atoms with Gasteiger partial charge in [-0.2, -0.15) is 0 Å². The summed E-state index contributed by atoms with van der Waals surface area (Å²) in [7, 11) is 0. The van der Waals surface area contributed by atoms with Gasteiger partial charge in [-0.3, -0.25) is 0 Å². The van der Waals surface area contributed by atoms with E-state index in [0.29, 0.717) is 23.7 Å². The lowest BCUT2D eigenvalue weighted by molar-refractivity contribution is -0.257. The Labute approximate surface area is 238 Å². The van der Waals surface area contributed by atoms with E-state index in [0.717, 1.165) is 32.1 Å². The fraction of sp³-hybridized carbons (Fsp3) is 0.971. The quantitative estimate of drug-likeness (QED) is 0.378. The van der Waals surface area contributed by atoms with Crippen LogP contribution in [0.5, 0.6) is 0 Å². The van der Waals surface area contributed by atoms with Gasteiger partial charge in [-0.15, -0.1) is 0 Å². The topological polar surface area (TPSA) is 67.8 Å². The first-order valence-corrected chi connectivity index (χ1v) is 16.3. The SMILES string of the molecule is CC(C)NC(=O)O[C@H]1CC[C@]2(C)[C@H]3C[C@@H](O)[C@@H]4[C@@H]([C@@]5(C)CCCC(C)(C)O5)CC[C@@]4(C)[C@]3(C)CC[C@H]2C1(C)C. The van der Waals surface area contributed by atoms with Gasteiger partial charge < -0.3 is 19.9 Å². The molecule has 1 saturated heterocycles. The molecular formula is C34H59NO4. The third-order valence-electron chi connectivity index (χ3n) is 13.7. The van der Waals surface area contributed by atoms with Gasteiger partial charge in [0.25, 0.3) is 0 Å². The molecule has 4 saturated carbocycles. The molecule has 5 heteroatoms. The first kappa shape index (κ1) is 29.7. The number of carbonyl (C=O) groups is 1. The Morgan fingerprint density at radius 1 is 0.872 bits per heavy atom. The van der Waals surface area contributed by atoms with Crippen molar-refractivity contribution in [3.63, 3.8) is 0 Å². The molecule has 10 atom stereocenters. The Balaban J connectivity index is 1.43. The highest BCUT2D eigenvalue weighted by Crippen LogP contribution is 2.76. The number of carbonyl (C=O) groups excluding carboxylic acids is 1. The number of rotatable bonds is 3. The Kier molecular flexibility index (Phi) is 7.11. The number of amides is 1. The van der Waals surface area contributed by atoms with Crippen LogP contribution in [0.4, 0.5) is 4.79 Å². The molecule has 0 aromatic heterocycles. The highest BCUT2D eigenvalue weighted by Gasteiger charge is 2.72.